The third kappa shape index (κ3) is 2.16. The number of anilines is 1. The van der Waals surface area contributed by atoms with E-state index in [1.54, 1.807) is 0 Å². The minimum atomic E-state index is -0.477. The number of carbonyl (C=O) groups excluding carboxylic acids is 2. The highest BCUT2D eigenvalue weighted by Gasteiger charge is 2.37. The molecule has 1 aliphatic rings. The van der Waals surface area contributed by atoms with E-state index < -0.39 is 6.04 Å². The van der Waals surface area contributed by atoms with E-state index in [9.17, 15) is 9.59 Å². The maximum Gasteiger partial charge on any atom is 0.328 e. The summed E-state index contributed by atoms with van der Waals surface area (Å²) in [5.74, 6) is -0.374. The summed E-state index contributed by atoms with van der Waals surface area (Å²) in [5, 5.41) is 0. The van der Waals surface area contributed by atoms with Gasteiger partial charge < -0.3 is 4.74 Å². The summed E-state index contributed by atoms with van der Waals surface area (Å²) in [7, 11) is 1.35. The van der Waals surface area contributed by atoms with Gasteiger partial charge in [-0.15, -0.1) is 0 Å². The summed E-state index contributed by atoms with van der Waals surface area (Å²) in [6, 6.07) is 7.09. The van der Waals surface area contributed by atoms with Gasteiger partial charge in [0.1, 0.15) is 6.04 Å². The fraction of sp³-hybridized carbons (Fsp3) is 0.385. The zero-order chi connectivity index (χ0) is 12.4. The van der Waals surface area contributed by atoms with Crippen molar-refractivity contribution in [1.29, 1.82) is 0 Å². The van der Waals surface area contributed by atoms with E-state index in [-0.39, 0.29) is 11.9 Å². The van der Waals surface area contributed by atoms with Crippen LogP contribution in [-0.2, 0) is 14.3 Å². The zero-order valence-corrected chi connectivity index (χ0v) is 9.97. The first-order valence-electron chi connectivity index (χ1n) is 5.60. The first kappa shape index (κ1) is 11.6. The van der Waals surface area contributed by atoms with Crippen LogP contribution in [0.5, 0.6) is 0 Å². The van der Waals surface area contributed by atoms with Crippen LogP contribution in [0, 0.1) is 6.92 Å². The molecule has 2 rings (SSSR count). The van der Waals surface area contributed by atoms with Gasteiger partial charge in [0, 0.05) is 12.1 Å². The monoisotopic (exact) mass is 233 g/mol. The molecule has 1 fully saturated rings. The van der Waals surface area contributed by atoms with E-state index in [0.717, 1.165) is 11.3 Å². The Bertz CT molecular complexity index is 438. The highest BCUT2D eigenvalue weighted by molar-refractivity contribution is 6.02. The molecule has 1 aromatic rings. The maximum absolute atomic E-state index is 11.8. The Labute approximate surface area is 100 Å². The van der Waals surface area contributed by atoms with E-state index >= 15 is 0 Å². The van der Waals surface area contributed by atoms with Crippen molar-refractivity contribution in [2.24, 2.45) is 0 Å². The number of nitrogens with zero attached hydrogens (tertiary/aromatic N) is 1. The highest BCUT2D eigenvalue weighted by Crippen LogP contribution is 2.27. The van der Waals surface area contributed by atoms with Crippen LogP contribution in [0.1, 0.15) is 18.4 Å². The van der Waals surface area contributed by atoms with Crippen molar-refractivity contribution in [2.45, 2.75) is 25.8 Å². The van der Waals surface area contributed by atoms with Crippen LogP contribution in [0.25, 0.3) is 0 Å². The third-order valence-corrected chi connectivity index (χ3v) is 3.00. The molecule has 1 heterocycles. The maximum atomic E-state index is 11.8. The molecule has 1 aromatic carbocycles. The molecular weight excluding hydrogens is 218 g/mol. The number of hydrogen-bond donors (Lipinski definition) is 0. The van der Waals surface area contributed by atoms with Crippen molar-refractivity contribution in [1.82, 2.24) is 0 Å². The van der Waals surface area contributed by atoms with Crippen molar-refractivity contribution in [3.63, 3.8) is 0 Å². The Morgan fingerprint density at radius 3 is 2.59 bits per heavy atom. The predicted molar refractivity (Wildman–Crippen MR) is 63.7 cm³/mol. The number of rotatable bonds is 2. The molecule has 4 nitrogen and oxygen atoms in total. The summed E-state index contributed by atoms with van der Waals surface area (Å²) < 4.78 is 4.73. The van der Waals surface area contributed by atoms with Gasteiger partial charge in [-0.05, 0) is 25.5 Å². The van der Waals surface area contributed by atoms with Gasteiger partial charge >= 0.3 is 5.97 Å². The number of ether oxygens (including phenoxy) is 1. The molecule has 1 amide bonds. The van der Waals surface area contributed by atoms with Gasteiger partial charge in [-0.3, -0.25) is 9.69 Å². The van der Waals surface area contributed by atoms with Crippen molar-refractivity contribution < 1.29 is 14.3 Å². The smallest absolute Gasteiger partial charge is 0.328 e. The van der Waals surface area contributed by atoms with Crippen LogP contribution in [0.2, 0.25) is 0 Å². The highest BCUT2D eigenvalue weighted by atomic mass is 16.5. The van der Waals surface area contributed by atoms with Gasteiger partial charge in [-0.1, -0.05) is 17.7 Å². The van der Waals surface area contributed by atoms with Gasteiger partial charge in [0.2, 0.25) is 5.91 Å². The summed E-state index contributed by atoms with van der Waals surface area (Å²) >= 11 is 0. The van der Waals surface area contributed by atoms with E-state index in [4.69, 9.17) is 4.74 Å². The number of amides is 1. The van der Waals surface area contributed by atoms with Crippen LogP contribution in [0.3, 0.4) is 0 Å². The molecule has 1 unspecified atom stereocenters. The summed E-state index contributed by atoms with van der Waals surface area (Å²) in [4.78, 5) is 24.9. The molecule has 0 N–H and O–H groups in total. The Kier molecular flexibility index (Phi) is 3.13. The lowest BCUT2D eigenvalue weighted by atomic mass is 10.2. The summed E-state index contributed by atoms with van der Waals surface area (Å²) in [5.41, 5.74) is 1.88. The number of esters is 1. The predicted octanol–water partition coefficient (Wildman–Crippen LogP) is 1.66. The fourth-order valence-corrected chi connectivity index (χ4v) is 2.07. The summed E-state index contributed by atoms with van der Waals surface area (Å²) in [6.07, 6.45) is 0.924. The normalized spacial score (nSPS) is 19.5. The average Bonchev–Trinajstić information content (AvgIpc) is 2.71. The van der Waals surface area contributed by atoms with Crippen LogP contribution < -0.4 is 4.90 Å². The molecule has 0 spiro atoms. The first-order chi connectivity index (χ1) is 8.13. The molecule has 17 heavy (non-hydrogen) atoms. The van der Waals surface area contributed by atoms with E-state index in [1.165, 1.54) is 12.0 Å². The lowest BCUT2D eigenvalue weighted by Crippen LogP contribution is -2.39. The summed E-state index contributed by atoms with van der Waals surface area (Å²) in [6.45, 7) is 1.98. The van der Waals surface area contributed by atoms with Gasteiger partial charge in [0.15, 0.2) is 0 Å². The largest absolute Gasteiger partial charge is 0.467 e. The molecule has 0 bridgehead atoms. The lowest BCUT2D eigenvalue weighted by Gasteiger charge is -2.22. The van der Waals surface area contributed by atoms with Gasteiger partial charge in [0.25, 0.3) is 0 Å². The quantitative estimate of drug-likeness (QED) is 0.730. The van der Waals surface area contributed by atoms with E-state index in [2.05, 4.69) is 0 Å². The van der Waals surface area contributed by atoms with Crippen molar-refractivity contribution in [2.75, 3.05) is 12.0 Å². The standard InChI is InChI=1S/C13H15NO3/c1-9-3-5-10(6-4-9)14-11(13(16)17-2)7-8-12(14)15/h3-6,11H,7-8H2,1-2H3. The molecule has 0 aromatic heterocycles. The molecule has 0 aliphatic carbocycles. The van der Waals surface area contributed by atoms with Gasteiger partial charge in [-0.2, -0.15) is 0 Å². The SMILES string of the molecule is COC(=O)C1CCC(=O)N1c1ccc(C)cc1. The molecule has 1 aliphatic heterocycles. The number of carbonyl (C=O) groups is 2. The second-order valence-electron chi connectivity index (χ2n) is 4.18. The number of benzene rings is 1. The van der Waals surface area contributed by atoms with Crippen LogP contribution >= 0.6 is 0 Å². The van der Waals surface area contributed by atoms with E-state index in [0.29, 0.717) is 12.8 Å². The van der Waals surface area contributed by atoms with Crippen LogP contribution in [0.15, 0.2) is 24.3 Å². The third-order valence-electron chi connectivity index (χ3n) is 3.00. The molecule has 1 atom stereocenters. The van der Waals surface area contributed by atoms with E-state index in [1.807, 2.05) is 31.2 Å². The molecular formula is C13H15NO3. The second-order valence-corrected chi connectivity index (χ2v) is 4.18. The molecule has 1 saturated heterocycles. The Morgan fingerprint density at radius 2 is 2.00 bits per heavy atom. The van der Waals surface area contributed by atoms with Crippen LogP contribution in [-0.4, -0.2) is 25.0 Å². The topological polar surface area (TPSA) is 46.6 Å². The minimum absolute atomic E-state index is 0.0238. The fourth-order valence-electron chi connectivity index (χ4n) is 2.07. The zero-order valence-electron chi connectivity index (χ0n) is 9.97. The van der Waals surface area contributed by atoms with Gasteiger partial charge in [-0.25, -0.2) is 4.79 Å². The number of hydrogen-bond acceptors (Lipinski definition) is 3. The Morgan fingerprint density at radius 1 is 1.35 bits per heavy atom. The van der Waals surface area contributed by atoms with Gasteiger partial charge in [0.05, 0.1) is 7.11 Å². The number of aryl methyl sites for hydroxylation is 1. The molecule has 0 radical (unpaired) electrons. The van der Waals surface area contributed by atoms with Crippen molar-refractivity contribution >= 4 is 17.6 Å². The lowest BCUT2D eigenvalue weighted by molar-refractivity contribution is -0.142. The first-order valence-corrected chi connectivity index (χ1v) is 5.60. The molecule has 4 heteroatoms. The van der Waals surface area contributed by atoms with Crippen molar-refractivity contribution in [3.8, 4) is 0 Å². The minimum Gasteiger partial charge on any atom is -0.467 e. The molecule has 0 saturated carbocycles. The van der Waals surface area contributed by atoms with Crippen LogP contribution in [0.4, 0.5) is 5.69 Å². The van der Waals surface area contributed by atoms with Crippen molar-refractivity contribution in [3.05, 3.63) is 29.8 Å². The number of methoxy groups -OCH3 is 1. The average molecular weight is 233 g/mol. The molecule has 90 valence electrons. The Balaban J connectivity index is 2.30. The second kappa shape index (κ2) is 4.57. The Hall–Kier alpha value is -1.84.